The number of carboxylic acid groups (broad SMARTS) is 1. The predicted molar refractivity (Wildman–Crippen MR) is 126 cm³/mol. The number of aromatic hydroxyl groups is 1. The fourth-order valence-corrected chi connectivity index (χ4v) is 3.22. The first-order valence-corrected chi connectivity index (χ1v) is 11.0. The number of aromatic nitrogens is 2. The van der Waals surface area contributed by atoms with Crippen LogP contribution in [0.1, 0.15) is 17.7 Å². The fourth-order valence-electron chi connectivity index (χ4n) is 3.22. The van der Waals surface area contributed by atoms with E-state index in [0.29, 0.717) is 11.3 Å². The number of nitrogens with two attached hydrogens (primary N) is 2. The van der Waals surface area contributed by atoms with Gasteiger partial charge < -0.3 is 47.7 Å². The van der Waals surface area contributed by atoms with Crippen molar-refractivity contribution >= 4 is 29.6 Å². The van der Waals surface area contributed by atoms with Gasteiger partial charge in [0.05, 0.1) is 25.4 Å². The SMILES string of the molecule is NC(=O)CC(NC(=O)C(N)Cc1ccc(O)cc1)C(=O)NC(CO)C(=O)NC(Cc1cnc[nH]1)C(=O)O. The molecule has 0 radical (unpaired) electrons. The summed E-state index contributed by atoms with van der Waals surface area (Å²) >= 11 is 0. The molecule has 200 valence electrons. The molecular weight excluding hydrogens is 490 g/mol. The van der Waals surface area contributed by atoms with Gasteiger partial charge in [-0.3, -0.25) is 19.2 Å². The number of amides is 4. The highest BCUT2D eigenvalue weighted by Crippen LogP contribution is 2.11. The largest absolute Gasteiger partial charge is 0.508 e. The first-order chi connectivity index (χ1) is 17.5. The van der Waals surface area contributed by atoms with Crippen LogP contribution >= 0.6 is 0 Å². The highest BCUT2D eigenvalue weighted by molar-refractivity contribution is 5.96. The van der Waals surface area contributed by atoms with Crippen LogP contribution in [0.15, 0.2) is 36.8 Å². The number of hydrogen-bond donors (Lipinski definition) is 9. The molecule has 1 heterocycles. The number of hydrogen-bond acceptors (Lipinski definition) is 9. The highest BCUT2D eigenvalue weighted by Gasteiger charge is 2.31. The predicted octanol–water partition coefficient (Wildman–Crippen LogP) is -3.37. The van der Waals surface area contributed by atoms with Gasteiger partial charge in [-0.05, 0) is 24.1 Å². The number of carboxylic acids is 1. The van der Waals surface area contributed by atoms with Gasteiger partial charge in [-0.1, -0.05) is 12.1 Å². The molecule has 0 aliphatic rings. The van der Waals surface area contributed by atoms with Crippen molar-refractivity contribution in [2.45, 2.75) is 43.4 Å². The van der Waals surface area contributed by atoms with E-state index in [2.05, 4.69) is 25.9 Å². The quantitative estimate of drug-likeness (QED) is 0.120. The van der Waals surface area contributed by atoms with Crippen LogP contribution in [0.3, 0.4) is 0 Å². The van der Waals surface area contributed by atoms with Gasteiger partial charge in [0.15, 0.2) is 0 Å². The minimum Gasteiger partial charge on any atom is -0.508 e. The summed E-state index contributed by atoms with van der Waals surface area (Å²) in [6.07, 6.45) is 1.96. The number of benzene rings is 1. The Morgan fingerprint density at radius 3 is 2.05 bits per heavy atom. The van der Waals surface area contributed by atoms with Gasteiger partial charge >= 0.3 is 5.97 Å². The standard InChI is InChI=1S/C22H29N7O8/c23-14(5-11-1-3-13(31)4-2-11)19(33)27-15(7-18(24)32)20(34)29-17(9-30)21(35)28-16(22(36)37)6-12-8-25-10-26-12/h1-4,8,10,14-17,30-31H,5-7,9,23H2,(H2,24,32)(H,25,26)(H,27,33)(H,28,35)(H,29,34)(H,36,37). The molecule has 4 unspecified atom stereocenters. The Hall–Kier alpha value is -4.50. The number of rotatable bonds is 14. The van der Waals surface area contributed by atoms with E-state index in [9.17, 15) is 39.3 Å². The van der Waals surface area contributed by atoms with Crippen molar-refractivity contribution in [1.82, 2.24) is 25.9 Å². The van der Waals surface area contributed by atoms with Crippen molar-refractivity contribution in [3.8, 4) is 5.75 Å². The van der Waals surface area contributed by atoms with Gasteiger partial charge in [0, 0.05) is 18.3 Å². The minimum atomic E-state index is -1.60. The molecule has 0 saturated carbocycles. The third-order valence-corrected chi connectivity index (χ3v) is 5.18. The van der Waals surface area contributed by atoms with E-state index >= 15 is 0 Å². The van der Waals surface area contributed by atoms with Crippen LogP contribution in [-0.2, 0) is 36.8 Å². The number of H-pyrrole nitrogens is 1. The minimum absolute atomic E-state index is 0.0263. The van der Waals surface area contributed by atoms with Crippen LogP contribution in [0.2, 0.25) is 0 Å². The lowest BCUT2D eigenvalue weighted by molar-refractivity contribution is -0.142. The summed E-state index contributed by atoms with van der Waals surface area (Å²) < 4.78 is 0. The summed E-state index contributed by atoms with van der Waals surface area (Å²) in [6, 6.07) is 0.253. The molecular formula is C22H29N7O8. The summed E-state index contributed by atoms with van der Waals surface area (Å²) in [4.78, 5) is 67.4. The van der Waals surface area contributed by atoms with Crippen molar-refractivity contribution in [2.75, 3.05) is 6.61 Å². The molecule has 4 amide bonds. The number of primary amides is 1. The van der Waals surface area contributed by atoms with Gasteiger partial charge in [-0.2, -0.15) is 0 Å². The van der Waals surface area contributed by atoms with Gasteiger partial charge in [-0.15, -0.1) is 0 Å². The summed E-state index contributed by atoms with van der Waals surface area (Å²) in [5, 5.41) is 35.0. The molecule has 2 aromatic rings. The van der Waals surface area contributed by atoms with Crippen LogP contribution in [0, 0.1) is 0 Å². The molecule has 0 aliphatic heterocycles. The summed E-state index contributed by atoms with van der Waals surface area (Å²) in [6.45, 7) is -0.911. The molecule has 11 N–H and O–H groups in total. The molecule has 37 heavy (non-hydrogen) atoms. The number of aliphatic carboxylic acids is 1. The van der Waals surface area contributed by atoms with E-state index in [-0.39, 0.29) is 18.6 Å². The van der Waals surface area contributed by atoms with E-state index in [1.165, 1.54) is 24.7 Å². The van der Waals surface area contributed by atoms with Crippen LogP contribution in [0.5, 0.6) is 5.75 Å². The topological polar surface area (TPSA) is 263 Å². The third kappa shape index (κ3) is 9.23. The number of imidazole rings is 1. The molecule has 1 aromatic carbocycles. The Morgan fingerprint density at radius 1 is 0.919 bits per heavy atom. The summed E-state index contributed by atoms with van der Waals surface area (Å²) in [5.41, 5.74) is 12.1. The van der Waals surface area contributed by atoms with Crippen molar-refractivity contribution in [1.29, 1.82) is 0 Å². The van der Waals surface area contributed by atoms with Crippen molar-refractivity contribution in [3.05, 3.63) is 48.0 Å². The molecule has 15 heteroatoms. The first-order valence-electron chi connectivity index (χ1n) is 11.0. The normalized spacial score (nSPS) is 14.0. The summed E-state index contributed by atoms with van der Waals surface area (Å²) in [7, 11) is 0. The smallest absolute Gasteiger partial charge is 0.326 e. The molecule has 0 fully saturated rings. The van der Waals surface area contributed by atoms with Crippen LogP contribution in [0.25, 0.3) is 0 Å². The van der Waals surface area contributed by atoms with E-state index in [4.69, 9.17) is 11.5 Å². The number of aromatic amines is 1. The lowest BCUT2D eigenvalue weighted by Gasteiger charge is -2.23. The van der Waals surface area contributed by atoms with Crippen LogP contribution < -0.4 is 27.4 Å². The average molecular weight is 520 g/mol. The monoisotopic (exact) mass is 519 g/mol. The number of aliphatic hydroxyl groups excluding tert-OH is 1. The highest BCUT2D eigenvalue weighted by atomic mass is 16.4. The molecule has 4 atom stereocenters. The zero-order chi connectivity index (χ0) is 27.5. The molecule has 1 aromatic heterocycles. The van der Waals surface area contributed by atoms with Crippen molar-refractivity contribution < 1.29 is 39.3 Å². The Balaban J connectivity index is 2.03. The van der Waals surface area contributed by atoms with E-state index in [0.717, 1.165) is 0 Å². The van der Waals surface area contributed by atoms with Crippen molar-refractivity contribution in [3.63, 3.8) is 0 Å². The summed E-state index contributed by atoms with van der Waals surface area (Å²) in [5.74, 6) is -5.13. The zero-order valence-electron chi connectivity index (χ0n) is 19.6. The number of phenols is 1. The maximum Gasteiger partial charge on any atom is 0.326 e. The molecule has 15 nitrogen and oxygen atoms in total. The molecule has 0 spiro atoms. The van der Waals surface area contributed by atoms with E-state index in [1.54, 1.807) is 12.1 Å². The number of carbonyl (C=O) groups excluding carboxylic acids is 4. The number of aliphatic hydroxyl groups is 1. The Labute approximate surface area is 210 Å². The van der Waals surface area contributed by atoms with Gasteiger partial charge in [0.2, 0.25) is 23.6 Å². The van der Waals surface area contributed by atoms with Crippen LogP contribution in [-0.4, -0.2) is 85.7 Å². The molecule has 2 rings (SSSR count). The molecule has 0 bridgehead atoms. The van der Waals surface area contributed by atoms with Crippen molar-refractivity contribution in [2.24, 2.45) is 11.5 Å². The maximum atomic E-state index is 12.8. The second-order valence-electron chi connectivity index (χ2n) is 8.13. The second-order valence-corrected chi connectivity index (χ2v) is 8.13. The van der Waals surface area contributed by atoms with E-state index in [1.807, 2.05) is 0 Å². The number of nitrogens with one attached hydrogen (secondary N) is 4. The number of nitrogens with zero attached hydrogens (tertiary/aromatic N) is 1. The number of carbonyl (C=O) groups is 5. The maximum absolute atomic E-state index is 12.8. The fraction of sp³-hybridized carbons (Fsp3) is 0.364. The lowest BCUT2D eigenvalue weighted by atomic mass is 10.0. The van der Waals surface area contributed by atoms with E-state index < -0.39 is 66.8 Å². The average Bonchev–Trinajstić information content (AvgIpc) is 3.35. The lowest BCUT2D eigenvalue weighted by Crippen LogP contribution is -2.59. The van der Waals surface area contributed by atoms with Crippen LogP contribution in [0.4, 0.5) is 0 Å². The Morgan fingerprint density at radius 2 is 1.51 bits per heavy atom. The first kappa shape index (κ1) is 28.7. The van der Waals surface area contributed by atoms with Gasteiger partial charge in [0.25, 0.3) is 0 Å². The second kappa shape index (κ2) is 13.6. The molecule has 0 saturated heterocycles. The Bertz CT molecular complexity index is 1090. The number of phenolic OH excluding ortho intramolecular Hbond substituents is 1. The van der Waals surface area contributed by atoms with Gasteiger partial charge in [0.1, 0.15) is 23.9 Å². The zero-order valence-corrected chi connectivity index (χ0v) is 19.6. The molecule has 0 aliphatic carbocycles. The van der Waals surface area contributed by atoms with Gasteiger partial charge in [-0.25, -0.2) is 9.78 Å². The third-order valence-electron chi connectivity index (χ3n) is 5.18. The Kier molecular flexibility index (Phi) is 10.5.